The van der Waals surface area contributed by atoms with Gasteiger partial charge in [-0.1, -0.05) is 81.2 Å². The second-order valence-electron chi connectivity index (χ2n) is 9.45. The van der Waals surface area contributed by atoms with Crippen molar-refractivity contribution in [2.24, 2.45) is 23.7 Å². The molecular formula is C27H47IO5. The fraction of sp³-hybridized carbons (Fsp3) is 0.852. The van der Waals surface area contributed by atoms with Crippen molar-refractivity contribution in [3.05, 3.63) is 12.2 Å². The molecule has 0 aliphatic heterocycles. The lowest BCUT2D eigenvalue weighted by atomic mass is 9.85. The van der Waals surface area contributed by atoms with Gasteiger partial charge in [0.1, 0.15) is 5.78 Å². The molecule has 1 aliphatic rings. The molecule has 6 heteroatoms. The highest BCUT2D eigenvalue weighted by molar-refractivity contribution is 14.1. The number of hydrogen-bond donors (Lipinski definition) is 0. The lowest BCUT2D eigenvalue weighted by molar-refractivity contribution is -0.147. The minimum absolute atomic E-state index is 0.0754. The summed E-state index contributed by atoms with van der Waals surface area (Å²) in [6, 6.07) is 0. The fourth-order valence-corrected chi connectivity index (χ4v) is 5.26. The van der Waals surface area contributed by atoms with Crippen molar-refractivity contribution in [1.82, 2.24) is 0 Å². The van der Waals surface area contributed by atoms with Gasteiger partial charge in [-0.25, -0.2) is 0 Å². The standard InChI is InChI=1S/C27H47IO5/c1-4-5-6-8-11-15-31-18-19-32-17-14-24-23(21-28)20-26(29)25(24)13-10-7-9-12-16-33-27(30)22(2)3/h7,10,22-25H,4-6,8-9,11-21H2,1-3H3/t23-,24-,25?/m0/s1. The van der Waals surface area contributed by atoms with Crippen molar-refractivity contribution in [3.8, 4) is 0 Å². The Kier molecular flexibility index (Phi) is 18.3. The van der Waals surface area contributed by atoms with E-state index in [0.29, 0.717) is 50.5 Å². The van der Waals surface area contributed by atoms with E-state index in [1.165, 1.54) is 25.7 Å². The largest absolute Gasteiger partial charge is 0.465 e. The van der Waals surface area contributed by atoms with Crippen LogP contribution in [0.15, 0.2) is 12.2 Å². The van der Waals surface area contributed by atoms with Gasteiger partial charge >= 0.3 is 5.97 Å². The molecule has 0 aromatic heterocycles. The predicted octanol–water partition coefficient (Wildman–Crippen LogP) is 6.56. The quantitative estimate of drug-likeness (QED) is 0.0538. The number of ketones is 1. The summed E-state index contributed by atoms with van der Waals surface area (Å²) in [6.45, 7) is 9.20. The molecule has 1 fully saturated rings. The summed E-state index contributed by atoms with van der Waals surface area (Å²) in [7, 11) is 0. The summed E-state index contributed by atoms with van der Waals surface area (Å²) >= 11 is 2.42. The molecule has 0 radical (unpaired) electrons. The maximum atomic E-state index is 12.6. The van der Waals surface area contributed by atoms with Crippen molar-refractivity contribution in [2.45, 2.75) is 85.0 Å². The van der Waals surface area contributed by atoms with Crippen molar-refractivity contribution >= 4 is 34.3 Å². The monoisotopic (exact) mass is 578 g/mol. The highest BCUT2D eigenvalue weighted by atomic mass is 127. The first kappa shape index (κ1) is 30.6. The third-order valence-electron chi connectivity index (χ3n) is 6.34. The van der Waals surface area contributed by atoms with Crippen molar-refractivity contribution in [1.29, 1.82) is 0 Å². The molecule has 0 heterocycles. The van der Waals surface area contributed by atoms with Gasteiger partial charge in [0.05, 0.1) is 25.7 Å². The van der Waals surface area contributed by atoms with Crippen LogP contribution in [0.2, 0.25) is 0 Å². The van der Waals surface area contributed by atoms with Crippen LogP contribution in [-0.4, -0.2) is 49.2 Å². The molecule has 0 amide bonds. The Hall–Kier alpha value is -0.470. The maximum absolute atomic E-state index is 12.6. The van der Waals surface area contributed by atoms with Crippen LogP contribution in [0.3, 0.4) is 0 Å². The molecular weight excluding hydrogens is 531 g/mol. The van der Waals surface area contributed by atoms with Gasteiger partial charge in [0, 0.05) is 30.0 Å². The first-order valence-electron chi connectivity index (χ1n) is 13.1. The van der Waals surface area contributed by atoms with Crippen LogP contribution in [0, 0.1) is 23.7 Å². The Labute approximate surface area is 215 Å². The average Bonchev–Trinajstić information content (AvgIpc) is 3.10. The summed E-state index contributed by atoms with van der Waals surface area (Å²) in [5.41, 5.74) is 0. The van der Waals surface area contributed by atoms with Gasteiger partial charge in [-0.3, -0.25) is 9.59 Å². The van der Waals surface area contributed by atoms with Gasteiger partial charge in [0.15, 0.2) is 0 Å². The zero-order valence-electron chi connectivity index (χ0n) is 21.2. The number of esters is 1. The van der Waals surface area contributed by atoms with Crippen molar-refractivity contribution in [3.63, 3.8) is 0 Å². The molecule has 1 rings (SSSR count). The van der Waals surface area contributed by atoms with Gasteiger partial charge in [-0.15, -0.1) is 0 Å². The number of halogens is 1. The smallest absolute Gasteiger partial charge is 0.308 e. The minimum Gasteiger partial charge on any atom is -0.465 e. The third-order valence-corrected chi connectivity index (χ3v) is 7.48. The maximum Gasteiger partial charge on any atom is 0.308 e. The van der Waals surface area contributed by atoms with E-state index in [4.69, 9.17) is 14.2 Å². The van der Waals surface area contributed by atoms with E-state index in [1.807, 2.05) is 13.8 Å². The van der Waals surface area contributed by atoms with E-state index >= 15 is 0 Å². The molecule has 0 saturated heterocycles. The van der Waals surface area contributed by atoms with E-state index in [0.717, 1.165) is 43.1 Å². The second-order valence-corrected chi connectivity index (χ2v) is 10.3. The lowest BCUT2D eigenvalue weighted by Crippen LogP contribution is -2.20. The number of alkyl halides is 1. The molecule has 3 atom stereocenters. The number of carbonyl (C=O) groups is 2. The Morgan fingerprint density at radius 2 is 1.73 bits per heavy atom. The molecule has 33 heavy (non-hydrogen) atoms. The molecule has 0 bridgehead atoms. The molecule has 192 valence electrons. The van der Waals surface area contributed by atoms with E-state index in [-0.39, 0.29) is 17.8 Å². The Morgan fingerprint density at radius 1 is 1.00 bits per heavy atom. The van der Waals surface area contributed by atoms with Crippen molar-refractivity contribution < 1.29 is 23.8 Å². The predicted molar refractivity (Wildman–Crippen MR) is 143 cm³/mol. The number of unbranched alkanes of at least 4 members (excludes halogenated alkanes) is 5. The molecule has 1 saturated carbocycles. The molecule has 0 N–H and O–H groups in total. The SMILES string of the molecule is CCCCCCCOCCOCC[C@@H]1C(CC=CCCCOC(=O)C(C)C)C(=O)C[C@H]1CI. The number of allylic oxidation sites excluding steroid dienone is 2. The normalized spacial score (nSPS) is 20.9. The number of Topliss-reactive ketones (excluding diaryl/α,β-unsaturated/α-hetero) is 1. The Bertz CT molecular complexity index is 549. The van der Waals surface area contributed by atoms with Gasteiger partial charge in [0.2, 0.25) is 0 Å². The first-order valence-corrected chi connectivity index (χ1v) is 14.6. The molecule has 1 unspecified atom stereocenters. The molecule has 0 spiro atoms. The number of ether oxygens (including phenoxy) is 3. The summed E-state index contributed by atoms with van der Waals surface area (Å²) < 4.78 is 17.7. The van der Waals surface area contributed by atoms with Crippen LogP contribution in [0.4, 0.5) is 0 Å². The van der Waals surface area contributed by atoms with Gasteiger partial charge in [-0.2, -0.15) is 0 Å². The van der Waals surface area contributed by atoms with Crippen LogP contribution in [0.25, 0.3) is 0 Å². The van der Waals surface area contributed by atoms with Crippen LogP contribution in [0.1, 0.15) is 85.0 Å². The highest BCUT2D eigenvalue weighted by Gasteiger charge is 2.40. The highest BCUT2D eigenvalue weighted by Crippen LogP contribution is 2.40. The summed E-state index contributed by atoms with van der Waals surface area (Å²) in [5, 5.41) is 0. The van der Waals surface area contributed by atoms with E-state index in [2.05, 4.69) is 41.7 Å². The Balaban J connectivity index is 2.21. The summed E-state index contributed by atoms with van der Waals surface area (Å²) in [6.07, 6.45) is 14.7. The van der Waals surface area contributed by atoms with E-state index < -0.39 is 0 Å². The van der Waals surface area contributed by atoms with E-state index in [9.17, 15) is 9.59 Å². The first-order chi connectivity index (χ1) is 16.0. The van der Waals surface area contributed by atoms with Crippen LogP contribution in [0.5, 0.6) is 0 Å². The topological polar surface area (TPSA) is 61.8 Å². The molecule has 0 aromatic rings. The van der Waals surface area contributed by atoms with Crippen LogP contribution >= 0.6 is 22.6 Å². The molecule has 0 aromatic carbocycles. The zero-order chi connectivity index (χ0) is 24.3. The van der Waals surface area contributed by atoms with Gasteiger partial charge in [-0.05, 0) is 43.9 Å². The van der Waals surface area contributed by atoms with Gasteiger partial charge in [0.25, 0.3) is 0 Å². The number of rotatable bonds is 20. The third kappa shape index (κ3) is 13.9. The molecule has 5 nitrogen and oxygen atoms in total. The minimum atomic E-state index is -0.139. The second kappa shape index (κ2) is 19.8. The van der Waals surface area contributed by atoms with Crippen LogP contribution in [-0.2, 0) is 23.8 Å². The number of hydrogen-bond acceptors (Lipinski definition) is 5. The van der Waals surface area contributed by atoms with Crippen molar-refractivity contribution in [2.75, 3.05) is 37.5 Å². The summed E-state index contributed by atoms with van der Waals surface area (Å²) in [4.78, 5) is 24.1. The van der Waals surface area contributed by atoms with Crippen LogP contribution < -0.4 is 0 Å². The van der Waals surface area contributed by atoms with Gasteiger partial charge < -0.3 is 14.2 Å². The van der Waals surface area contributed by atoms with E-state index in [1.54, 1.807) is 0 Å². The lowest BCUT2D eigenvalue weighted by Gasteiger charge is -2.22. The number of carbonyl (C=O) groups excluding carboxylic acids is 2. The summed E-state index contributed by atoms with van der Waals surface area (Å²) in [5.74, 6) is 1.18. The Morgan fingerprint density at radius 3 is 2.42 bits per heavy atom. The average molecular weight is 579 g/mol. The fourth-order valence-electron chi connectivity index (χ4n) is 4.29. The zero-order valence-corrected chi connectivity index (χ0v) is 23.4. The molecule has 1 aliphatic carbocycles.